The number of aryl methyl sites for hydroxylation is 2. The Bertz CT molecular complexity index is 648. The molecule has 1 aliphatic rings. The van der Waals surface area contributed by atoms with Crippen molar-refractivity contribution in [2.45, 2.75) is 38.6 Å². The van der Waals surface area contributed by atoms with Gasteiger partial charge in [-0.15, -0.1) is 0 Å². The molecule has 5 heteroatoms. The van der Waals surface area contributed by atoms with Crippen LogP contribution in [0.3, 0.4) is 0 Å². The minimum absolute atomic E-state index is 0.0636. The molecule has 5 nitrogen and oxygen atoms in total. The van der Waals surface area contributed by atoms with Crippen LogP contribution in [0.4, 0.5) is 0 Å². The van der Waals surface area contributed by atoms with Crippen molar-refractivity contribution in [1.82, 2.24) is 20.1 Å². The van der Waals surface area contributed by atoms with Crippen molar-refractivity contribution in [3.05, 3.63) is 47.0 Å². The maximum atomic E-state index is 12.6. The number of amides is 1. The van der Waals surface area contributed by atoms with Crippen molar-refractivity contribution in [1.29, 1.82) is 0 Å². The summed E-state index contributed by atoms with van der Waals surface area (Å²) in [6.07, 6.45) is 5.96. The largest absolute Gasteiger partial charge is 0.343 e. The third kappa shape index (κ3) is 2.68. The number of pyridine rings is 1. The summed E-state index contributed by atoms with van der Waals surface area (Å²) in [5.74, 6) is -0.0636. The summed E-state index contributed by atoms with van der Waals surface area (Å²) in [4.78, 5) is 16.9. The molecule has 0 aliphatic heterocycles. The van der Waals surface area contributed by atoms with Gasteiger partial charge in [-0.25, -0.2) is 0 Å². The summed E-state index contributed by atoms with van der Waals surface area (Å²) in [7, 11) is 1.85. The van der Waals surface area contributed by atoms with Gasteiger partial charge in [0.1, 0.15) is 5.69 Å². The van der Waals surface area contributed by atoms with Crippen molar-refractivity contribution < 1.29 is 4.79 Å². The first kappa shape index (κ1) is 13.8. The molecule has 1 amide bonds. The molecule has 110 valence electrons. The highest BCUT2D eigenvalue weighted by Crippen LogP contribution is 2.24. The topological polar surface area (TPSA) is 59.8 Å². The predicted molar refractivity (Wildman–Crippen MR) is 80.0 cm³/mol. The van der Waals surface area contributed by atoms with Crippen LogP contribution in [0.25, 0.3) is 0 Å². The number of nitrogens with one attached hydrogen (secondary N) is 1. The Balaban J connectivity index is 1.81. The molecule has 0 aromatic carbocycles. The standard InChI is InChI=1S/C16H20N4O/c1-11(13-8-5-6-10-17-13)18-16(21)15-12-7-3-4-9-14(12)19-20(15)2/h5-6,8,10-11H,3-4,7,9H2,1-2H3,(H,18,21)/t11-/m1/s1. The Morgan fingerprint density at radius 1 is 1.33 bits per heavy atom. The van der Waals surface area contributed by atoms with E-state index in [1.54, 1.807) is 10.9 Å². The molecule has 2 heterocycles. The van der Waals surface area contributed by atoms with Gasteiger partial charge in [-0.3, -0.25) is 14.5 Å². The highest BCUT2D eigenvalue weighted by molar-refractivity contribution is 5.94. The molecule has 1 atom stereocenters. The average molecular weight is 284 g/mol. The molecule has 1 aliphatic carbocycles. The summed E-state index contributed by atoms with van der Waals surface area (Å²) < 4.78 is 1.72. The van der Waals surface area contributed by atoms with Gasteiger partial charge in [-0.05, 0) is 44.7 Å². The van der Waals surface area contributed by atoms with E-state index in [-0.39, 0.29) is 11.9 Å². The van der Waals surface area contributed by atoms with Crippen LogP contribution in [0, 0.1) is 0 Å². The number of nitrogens with zero attached hydrogens (tertiary/aromatic N) is 3. The van der Waals surface area contributed by atoms with E-state index in [9.17, 15) is 4.79 Å². The number of carbonyl (C=O) groups excluding carboxylic acids is 1. The van der Waals surface area contributed by atoms with Gasteiger partial charge in [0.25, 0.3) is 5.91 Å². The van der Waals surface area contributed by atoms with Crippen LogP contribution in [0.15, 0.2) is 24.4 Å². The number of fused-ring (bicyclic) bond motifs is 1. The number of aromatic nitrogens is 3. The molecular formula is C16H20N4O. The molecular weight excluding hydrogens is 264 g/mol. The van der Waals surface area contributed by atoms with Gasteiger partial charge in [0.15, 0.2) is 0 Å². The summed E-state index contributed by atoms with van der Waals surface area (Å²) in [5, 5.41) is 7.52. The first-order chi connectivity index (χ1) is 10.2. The van der Waals surface area contributed by atoms with E-state index < -0.39 is 0 Å². The molecule has 0 spiro atoms. The Labute approximate surface area is 124 Å². The van der Waals surface area contributed by atoms with Crippen molar-refractivity contribution in [3.8, 4) is 0 Å². The van der Waals surface area contributed by atoms with E-state index in [1.165, 1.54) is 0 Å². The number of hydrogen-bond donors (Lipinski definition) is 1. The molecule has 0 saturated heterocycles. The fourth-order valence-corrected chi connectivity index (χ4v) is 2.94. The van der Waals surface area contributed by atoms with Crippen LogP contribution in [-0.2, 0) is 19.9 Å². The Kier molecular flexibility index (Phi) is 3.73. The van der Waals surface area contributed by atoms with Gasteiger partial charge < -0.3 is 5.32 Å². The zero-order valence-corrected chi connectivity index (χ0v) is 12.5. The molecule has 2 aromatic rings. The SMILES string of the molecule is C[C@@H](NC(=O)c1c2c(nn1C)CCCC2)c1ccccn1. The fourth-order valence-electron chi connectivity index (χ4n) is 2.94. The monoisotopic (exact) mass is 284 g/mol. The van der Waals surface area contributed by atoms with Crippen LogP contribution < -0.4 is 5.32 Å². The maximum Gasteiger partial charge on any atom is 0.270 e. The lowest BCUT2D eigenvalue weighted by molar-refractivity contribution is 0.0928. The molecule has 0 radical (unpaired) electrons. The van der Waals surface area contributed by atoms with Crippen LogP contribution in [0.5, 0.6) is 0 Å². The highest BCUT2D eigenvalue weighted by Gasteiger charge is 2.24. The van der Waals surface area contributed by atoms with Crippen LogP contribution in [0.1, 0.15) is 53.2 Å². The van der Waals surface area contributed by atoms with E-state index in [1.807, 2.05) is 32.2 Å². The zero-order chi connectivity index (χ0) is 14.8. The summed E-state index contributed by atoms with van der Waals surface area (Å²) in [6.45, 7) is 1.95. The first-order valence-electron chi connectivity index (χ1n) is 7.43. The summed E-state index contributed by atoms with van der Waals surface area (Å²) in [6, 6.07) is 5.60. The quantitative estimate of drug-likeness (QED) is 0.940. The smallest absolute Gasteiger partial charge is 0.270 e. The van der Waals surface area contributed by atoms with Gasteiger partial charge in [-0.2, -0.15) is 5.10 Å². The molecule has 21 heavy (non-hydrogen) atoms. The first-order valence-corrected chi connectivity index (χ1v) is 7.43. The fraction of sp³-hybridized carbons (Fsp3) is 0.438. The lowest BCUT2D eigenvalue weighted by Crippen LogP contribution is -2.29. The number of hydrogen-bond acceptors (Lipinski definition) is 3. The van der Waals surface area contributed by atoms with Gasteiger partial charge in [0.2, 0.25) is 0 Å². The molecule has 0 saturated carbocycles. The van der Waals surface area contributed by atoms with E-state index in [4.69, 9.17) is 0 Å². The zero-order valence-electron chi connectivity index (χ0n) is 12.5. The number of rotatable bonds is 3. The maximum absolute atomic E-state index is 12.6. The molecule has 0 fully saturated rings. The van der Waals surface area contributed by atoms with Crippen molar-refractivity contribution in [2.75, 3.05) is 0 Å². The van der Waals surface area contributed by atoms with Gasteiger partial charge in [0.05, 0.1) is 17.4 Å². The normalized spacial score (nSPS) is 15.3. The minimum Gasteiger partial charge on any atom is -0.343 e. The van der Waals surface area contributed by atoms with E-state index in [0.717, 1.165) is 42.6 Å². The predicted octanol–water partition coefficient (Wildman–Crippen LogP) is 2.18. The van der Waals surface area contributed by atoms with Crippen molar-refractivity contribution in [2.24, 2.45) is 7.05 Å². The van der Waals surface area contributed by atoms with E-state index in [0.29, 0.717) is 5.69 Å². The molecule has 0 bridgehead atoms. The van der Waals surface area contributed by atoms with Crippen molar-refractivity contribution in [3.63, 3.8) is 0 Å². The van der Waals surface area contributed by atoms with Gasteiger partial charge in [-0.1, -0.05) is 6.07 Å². The Hall–Kier alpha value is -2.17. The molecule has 0 unspecified atom stereocenters. The Morgan fingerprint density at radius 2 is 2.14 bits per heavy atom. The number of carbonyl (C=O) groups is 1. The average Bonchev–Trinajstić information content (AvgIpc) is 2.83. The van der Waals surface area contributed by atoms with E-state index >= 15 is 0 Å². The summed E-state index contributed by atoms with van der Waals surface area (Å²) in [5.41, 5.74) is 3.77. The van der Waals surface area contributed by atoms with Crippen LogP contribution >= 0.6 is 0 Å². The Morgan fingerprint density at radius 3 is 2.90 bits per heavy atom. The second-order valence-corrected chi connectivity index (χ2v) is 5.55. The minimum atomic E-state index is -0.118. The third-order valence-corrected chi connectivity index (χ3v) is 4.01. The highest BCUT2D eigenvalue weighted by atomic mass is 16.2. The van der Waals surface area contributed by atoms with E-state index in [2.05, 4.69) is 15.4 Å². The van der Waals surface area contributed by atoms with Gasteiger partial charge >= 0.3 is 0 Å². The molecule has 2 aromatic heterocycles. The molecule has 1 N–H and O–H groups in total. The van der Waals surface area contributed by atoms with Crippen LogP contribution in [-0.4, -0.2) is 20.7 Å². The molecule has 3 rings (SSSR count). The lowest BCUT2D eigenvalue weighted by atomic mass is 9.95. The van der Waals surface area contributed by atoms with Crippen LogP contribution in [0.2, 0.25) is 0 Å². The van der Waals surface area contributed by atoms with Crippen molar-refractivity contribution >= 4 is 5.91 Å². The third-order valence-electron chi connectivity index (χ3n) is 4.01. The second-order valence-electron chi connectivity index (χ2n) is 5.55. The van der Waals surface area contributed by atoms with Gasteiger partial charge in [0, 0.05) is 18.8 Å². The summed E-state index contributed by atoms with van der Waals surface area (Å²) >= 11 is 0. The second kappa shape index (κ2) is 5.68. The lowest BCUT2D eigenvalue weighted by Gasteiger charge is -2.15.